The molecule has 0 radical (unpaired) electrons. The van der Waals surface area contributed by atoms with Crippen molar-refractivity contribution in [2.75, 3.05) is 27.4 Å². The van der Waals surface area contributed by atoms with Gasteiger partial charge in [0.25, 0.3) is 5.56 Å². The zero-order chi connectivity index (χ0) is 43.1. The largest absolute Gasteiger partial charge is 0.544 e. The zero-order valence-corrected chi connectivity index (χ0v) is 36.1. The van der Waals surface area contributed by atoms with E-state index in [1.54, 1.807) is 14.2 Å². The van der Waals surface area contributed by atoms with Crippen molar-refractivity contribution in [3.05, 3.63) is 158 Å². The van der Waals surface area contributed by atoms with E-state index in [1.165, 1.54) is 10.8 Å². The third-order valence-corrected chi connectivity index (χ3v) is 15.5. The number of hydrogen-bond donors (Lipinski definition) is 3. The fourth-order valence-electron chi connectivity index (χ4n) is 6.76. The van der Waals surface area contributed by atoms with Crippen molar-refractivity contribution >= 4 is 14.2 Å². The number of amides is 1. The summed E-state index contributed by atoms with van der Waals surface area (Å²) in [7, 11) is 1.22. The highest BCUT2D eigenvalue weighted by atomic mass is 28.4. The molecule has 4 aromatic carbocycles. The van der Waals surface area contributed by atoms with E-state index in [0.29, 0.717) is 11.5 Å². The summed E-state index contributed by atoms with van der Waals surface area (Å²) in [5.74, 6) is 7.46. The van der Waals surface area contributed by atoms with Crippen molar-refractivity contribution in [1.29, 1.82) is 0 Å². The average molecular weight is 832 g/mol. The molecule has 1 aliphatic rings. The molecule has 60 heavy (non-hydrogen) atoms. The molecule has 0 unspecified atom stereocenters. The van der Waals surface area contributed by atoms with Gasteiger partial charge in [-0.15, -0.1) is 0 Å². The van der Waals surface area contributed by atoms with Crippen molar-refractivity contribution in [2.45, 2.75) is 75.8 Å². The summed E-state index contributed by atoms with van der Waals surface area (Å²) in [4.78, 5) is 40.9. The van der Waals surface area contributed by atoms with Crippen LogP contribution in [0.2, 0.25) is 18.1 Å². The number of aromatic nitrogens is 2. The Morgan fingerprint density at radius 1 is 0.867 bits per heavy atom. The van der Waals surface area contributed by atoms with Crippen LogP contribution >= 0.6 is 0 Å². The molecule has 5 aromatic rings. The van der Waals surface area contributed by atoms with Crippen LogP contribution in [0.25, 0.3) is 0 Å². The predicted molar refractivity (Wildman–Crippen MR) is 232 cm³/mol. The molecule has 3 N–H and O–H groups in total. The molecule has 0 saturated carbocycles. The summed E-state index contributed by atoms with van der Waals surface area (Å²) in [6.07, 6.45) is -1.28. The van der Waals surface area contributed by atoms with Crippen LogP contribution in [0.1, 0.15) is 61.2 Å². The monoisotopic (exact) mass is 831 g/mol. The quantitative estimate of drug-likeness (QED) is 0.0666. The molecule has 314 valence electrons. The minimum atomic E-state index is -1.98. The number of benzene rings is 4. The lowest BCUT2D eigenvalue weighted by Crippen LogP contribution is -2.43. The smallest absolute Gasteiger partial charge is 0.330 e. The highest BCUT2D eigenvalue weighted by molar-refractivity contribution is 6.74. The Morgan fingerprint density at radius 2 is 1.43 bits per heavy atom. The number of ether oxygens (including phenoxy) is 4. The van der Waals surface area contributed by atoms with Gasteiger partial charge in [0.05, 0.1) is 39.9 Å². The number of aliphatic hydroxyl groups is 1. The van der Waals surface area contributed by atoms with Crippen LogP contribution in [0.5, 0.6) is 17.2 Å². The number of carbonyl (C=O) groups is 1. The van der Waals surface area contributed by atoms with Crippen molar-refractivity contribution in [3.8, 4) is 29.1 Å². The fraction of sp³-hybridized carbons (Fsp3) is 0.340. The Bertz CT molecular complexity index is 2370. The average Bonchev–Trinajstić information content (AvgIpc) is 3.60. The highest BCUT2D eigenvalue weighted by Gasteiger charge is 2.42. The van der Waals surface area contributed by atoms with Gasteiger partial charge in [0.1, 0.15) is 40.7 Å². The van der Waals surface area contributed by atoms with Gasteiger partial charge in [0.2, 0.25) is 14.2 Å². The standard InChI is InChI=1S/C47H53N3O9Si/c1-46(2,3)60(6,7)59-39-21-15-32(16-22-39)28-42(52)48-27-11-12-33-30-50(45(54)49-44(33)53)43-29-40(51)41(58-43)31-57-47(34-13-9-8-10-14-34,35-17-23-37(55-4)24-18-35)36-19-25-38(56-5)26-20-36/h8-10,13-26,30,40-41,43,51H,27-29,31H2,1-7H3,(H,48,52)(H,49,53,54)/t40-,41-,43-/m1/s1. The number of aliphatic hydroxyl groups excluding tert-OH is 1. The summed E-state index contributed by atoms with van der Waals surface area (Å²) in [5, 5.41) is 14.1. The van der Waals surface area contributed by atoms with Crippen molar-refractivity contribution < 1.29 is 33.3 Å². The molecule has 1 fully saturated rings. The first kappa shape index (κ1) is 43.7. The molecule has 3 atom stereocenters. The van der Waals surface area contributed by atoms with E-state index < -0.39 is 43.6 Å². The predicted octanol–water partition coefficient (Wildman–Crippen LogP) is 6.31. The van der Waals surface area contributed by atoms with E-state index in [0.717, 1.165) is 28.0 Å². The lowest BCUT2D eigenvalue weighted by molar-refractivity contribution is -0.120. The number of nitrogens with zero attached hydrogens (tertiary/aromatic N) is 1. The van der Waals surface area contributed by atoms with Gasteiger partial charge in [-0.2, -0.15) is 0 Å². The molecule has 13 heteroatoms. The summed E-state index contributed by atoms with van der Waals surface area (Å²) in [6, 6.07) is 32.4. The van der Waals surface area contributed by atoms with Gasteiger partial charge in [-0.25, -0.2) is 4.79 Å². The molecule has 0 bridgehead atoms. The van der Waals surface area contributed by atoms with Crippen molar-refractivity contribution in [3.63, 3.8) is 0 Å². The van der Waals surface area contributed by atoms with Gasteiger partial charge in [-0.1, -0.05) is 99.3 Å². The molecule has 12 nitrogen and oxygen atoms in total. The maximum Gasteiger partial charge on any atom is 0.330 e. The molecule has 1 aliphatic heterocycles. The Morgan fingerprint density at radius 3 is 2.00 bits per heavy atom. The highest BCUT2D eigenvalue weighted by Crippen LogP contribution is 2.43. The summed E-state index contributed by atoms with van der Waals surface area (Å²) < 4.78 is 31.7. The second-order valence-electron chi connectivity index (χ2n) is 16.2. The number of aromatic amines is 1. The van der Waals surface area contributed by atoms with Gasteiger partial charge in [0, 0.05) is 12.6 Å². The SMILES string of the molecule is COc1ccc(C(OC[C@H]2O[C@@H](n3cc(C#CCNC(=O)Cc4ccc(O[Si](C)(C)C(C)(C)C)cc4)c(=O)[nH]c3=O)C[C@H]2O)(c2ccccc2)c2ccc(OC)cc2)cc1. The number of hydrogen-bond acceptors (Lipinski definition) is 9. The zero-order valence-electron chi connectivity index (χ0n) is 35.1. The first-order valence-electron chi connectivity index (χ1n) is 19.8. The minimum absolute atomic E-state index is 0.000986. The molecule has 2 heterocycles. The Labute approximate surface area is 351 Å². The topological polar surface area (TPSA) is 150 Å². The van der Waals surface area contributed by atoms with Gasteiger partial charge in [-0.05, 0) is 76.8 Å². The molecular formula is C47H53N3O9Si. The van der Waals surface area contributed by atoms with E-state index >= 15 is 0 Å². The Hall–Kier alpha value is -5.91. The lowest BCUT2D eigenvalue weighted by atomic mass is 9.80. The van der Waals surface area contributed by atoms with Crippen LogP contribution in [0.15, 0.2) is 119 Å². The van der Waals surface area contributed by atoms with Crippen LogP contribution in [0.3, 0.4) is 0 Å². The van der Waals surface area contributed by atoms with E-state index in [4.69, 9.17) is 23.4 Å². The molecule has 0 spiro atoms. The normalized spacial score (nSPS) is 16.7. The van der Waals surface area contributed by atoms with Crippen LogP contribution < -0.4 is 30.5 Å². The Kier molecular flexibility index (Phi) is 13.5. The first-order valence-corrected chi connectivity index (χ1v) is 22.8. The fourth-order valence-corrected chi connectivity index (χ4v) is 7.79. The summed E-state index contributed by atoms with van der Waals surface area (Å²) >= 11 is 0. The molecular weight excluding hydrogens is 779 g/mol. The lowest BCUT2D eigenvalue weighted by Gasteiger charge is -2.37. The maximum atomic E-state index is 13.1. The van der Waals surface area contributed by atoms with Crippen LogP contribution in [-0.4, -0.2) is 68.5 Å². The number of rotatable bonds is 14. The molecule has 1 saturated heterocycles. The Balaban J connectivity index is 1.14. The van der Waals surface area contributed by atoms with E-state index in [-0.39, 0.29) is 42.5 Å². The van der Waals surface area contributed by atoms with E-state index in [2.05, 4.69) is 56.0 Å². The van der Waals surface area contributed by atoms with Gasteiger partial charge < -0.3 is 33.8 Å². The van der Waals surface area contributed by atoms with Crippen molar-refractivity contribution in [2.24, 2.45) is 0 Å². The third-order valence-electron chi connectivity index (χ3n) is 11.2. The summed E-state index contributed by atoms with van der Waals surface area (Å²) in [5.41, 5.74) is 0.721. The second kappa shape index (κ2) is 18.6. The molecule has 0 aliphatic carbocycles. The first-order chi connectivity index (χ1) is 28.6. The van der Waals surface area contributed by atoms with E-state index in [1.807, 2.05) is 103 Å². The van der Waals surface area contributed by atoms with Crippen LogP contribution in [0.4, 0.5) is 0 Å². The number of methoxy groups -OCH3 is 2. The van der Waals surface area contributed by atoms with Crippen molar-refractivity contribution in [1.82, 2.24) is 14.9 Å². The van der Waals surface area contributed by atoms with Crippen LogP contribution in [0, 0.1) is 11.8 Å². The van der Waals surface area contributed by atoms with Gasteiger partial charge >= 0.3 is 5.69 Å². The number of nitrogens with one attached hydrogen (secondary N) is 2. The summed E-state index contributed by atoms with van der Waals surface area (Å²) in [6.45, 7) is 10.8. The third kappa shape index (κ3) is 9.92. The maximum absolute atomic E-state index is 13.1. The molecule has 6 rings (SSSR count). The van der Waals surface area contributed by atoms with E-state index in [9.17, 15) is 19.5 Å². The van der Waals surface area contributed by atoms with Gasteiger partial charge in [-0.3, -0.25) is 19.1 Å². The minimum Gasteiger partial charge on any atom is -0.544 e. The number of carbonyl (C=O) groups excluding carboxylic acids is 1. The second-order valence-corrected chi connectivity index (χ2v) is 20.9. The van der Waals surface area contributed by atoms with Crippen LogP contribution in [-0.2, 0) is 26.3 Å². The molecule has 1 aromatic heterocycles. The van der Waals surface area contributed by atoms with Gasteiger partial charge in [0.15, 0.2) is 0 Å². The molecule has 1 amide bonds. The number of H-pyrrole nitrogens is 1.